The van der Waals surface area contributed by atoms with Crippen molar-refractivity contribution in [1.82, 2.24) is 29.9 Å². The summed E-state index contributed by atoms with van der Waals surface area (Å²) in [4.78, 5) is 32.8. The number of aromatic carboxylic acids is 1. The van der Waals surface area contributed by atoms with E-state index in [4.69, 9.17) is 5.11 Å². The lowest BCUT2D eigenvalue weighted by molar-refractivity contribution is -0.0169. The highest BCUT2D eigenvalue weighted by Gasteiger charge is 2.35. The molecular weight excluding hydrogens is 407 g/mol. The van der Waals surface area contributed by atoms with Crippen molar-refractivity contribution in [2.45, 2.75) is 24.9 Å². The Kier molecular flexibility index (Phi) is 5.42. The van der Waals surface area contributed by atoms with Gasteiger partial charge in [-0.15, -0.1) is 5.10 Å². The fourth-order valence-electron chi connectivity index (χ4n) is 3.53. The molecule has 0 aromatic carbocycles. The maximum Gasteiger partial charge on any atom is 0.337 e. The minimum absolute atomic E-state index is 0.0266. The van der Waals surface area contributed by atoms with E-state index in [1.165, 1.54) is 29.3 Å². The predicted molar refractivity (Wildman–Crippen MR) is 104 cm³/mol. The van der Waals surface area contributed by atoms with Crippen LogP contribution in [0.1, 0.15) is 39.3 Å². The number of hydrogen-bond donors (Lipinski definition) is 2. The summed E-state index contributed by atoms with van der Waals surface area (Å²) in [7, 11) is 0. The first-order valence-electron chi connectivity index (χ1n) is 9.55. The maximum absolute atomic E-state index is 13.3. The molecule has 10 nitrogen and oxygen atoms in total. The first kappa shape index (κ1) is 20.5. The van der Waals surface area contributed by atoms with Crippen LogP contribution in [-0.2, 0) is 6.42 Å². The molecule has 0 atom stereocenters. The number of aliphatic hydroxyl groups is 1. The normalized spacial score (nSPS) is 15.6. The van der Waals surface area contributed by atoms with Gasteiger partial charge in [-0.3, -0.25) is 14.8 Å². The monoisotopic (exact) mass is 426 g/mol. The van der Waals surface area contributed by atoms with Crippen LogP contribution in [0.2, 0.25) is 0 Å². The number of aromatic nitrogens is 5. The molecule has 1 aliphatic rings. The second kappa shape index (κ2) is 8.19. The summed E-state index contributed by atoms with van der Waals surface area (Å²) in [6.07, 6.45) is 7.53. The van der Waals surface area contributed by atoms with Crippen LogP contribution in [0.4, 0.5) is 4.39 Å². The number of pyridine rings is 2. The van der Waals surface area contributed by atoms with E-state index in [-0.39, 0.29) is 23.5 Å². The van der Waals surface area contributed by atoms with Gasteiger partial charge in [0.2, 0.25) is 0 Å². The SMILES string of the molecule is O=C(O)c1cncc(-n2cc(CC3(O)CCN(C(=O)c4cncc(F)c4)CC3)nn2)c1. The summed E-state index contributed by atoms with van der Waals surface area (Å²) < 4.78 is 14.7. The topological polar surface area (TPSA) is 134 Å². The molecule has 0 radical (unpaired) electrons. The van der Waals surface area contributed by atoms with Crippen LogP contribution in [-0.4, -0.2) is 70.6 Å². The summed E-state index contributed by atoms with van der Waals surface area (Å²) in [5, 5.41) is 28.1. The Labute approximate surface area is 176 Å². The van der Waals surface area contributed by atoms with Gasteiger partial charge < -0.3 is 15.1 Å². The van der Waals surface area contributed by atoms with Gasteiger partial charge in [-0.1, -0.05) is 5.21 Å². The molecule has 1 fully saturated rings. The third-order valence-electron chi connectivity index (χ3n) is 5.22. The molecule has 3 aromatic heterocycles. The van der Waals surface area contributed by atoms with Crippen LogP contribution in [0.25, 0.3) is 5.69 Å². The Hall–Kier alpha value is -3.73. The number of carbonyl (C=O) groups is 2. The molecule has 31 heavy (non-hydrogen) atoms. The molecule has 0 bridgehead atoms. The van der Waals surface area contributed by atoms with Gasteiger partial charge in [0.05, 0.1) is 46.7 Å². The molecule has 11 heteroatoms. The first-order chi connectivity index (χ1) is 14.8. The Balaban J connectivity index is 1.40. The summed E-state index contributed by atoms with van der Waals surface area (Å²) in [5.74, 6) is -2.00. The largest absolute Gasteiger partial charge is 0.478 e. The lowest BCUT2D eigenvalue weighted by Gasteiger charge is -2.37. The molecule has 0 saturated carbocycles. The fraction of sp³-hybridized carbons (Fsp3) is 0.300. The predicted octanol–water partition coefficient (Wildman–Crippen LogP) is 1.10. The number of likely N-dealkylation sites (tertiary alicyclic amines) is 1. The van der Waals surface area contributed by atoms with Crippen LogP contribution in [0.15, 0.2) is 43.1 Å². The van der Waals surface area contributed by atoms with Gasteiger partial charge in [0.1, 0.15) is 5.82 Å². The highest BCUT2D eigenvalue weighted by molar-refractivity contribution is 5.94. The van der Waals surface area contributed by atoms with Gasteiger partial charge in [-0.2, -0.15) is 0 Å². The van der Waals surface area contributed by atoms with E-state index in [9.17, 15) is 19.1 Å². The number of halogens is 1. The minimum atomic E-state index is -1.10. The van der Waals surface area contributed by atoms with E-state index in [1.807, 2.05) is 0 Å². The molecule has 1 amide bonds. The number of carboxylic acids is 1. The molecule has 0 spiro atoms. The van der Waals surface area contributed by atoms with E-state index in [0.29, 0.717) is 37.3 Å². The van der Waals surface area contributed by atoms with E-state index in [1.54, 1.807) is 11.1 Å². The standard InChI is InChI=1S/C20H19FN6O4/c21-15-5-13(8-22-10-15)18(28)26-3-1-20(31,2-4-26)7-16-12-27(25-24-16)17-6-14(19(29)30)9-23-11-17/h5-6,8-12,31H,1-4,7H2,(H,29,30). The molecule has 3 aromatic rings. The number of carboxylic acid groups (broad SMARTS) is 1. The average Bonchev–Trinajstić information content (AvgIpc) is 3.22. The molecule has 2 N–H and O–H groups in total. The average molecular weight is 426 g/mol. The maximum atomic E-state index is 13.3. The van der Waals surface area contributed by atoms with Crippen molar-refractivity contribution in [3.63, 3.8) is 0 Å². The highest BCUT2D eigenvalue weighted by atomic mass is 19.1. The summed E-state index contributed by atoms with van der Waals surface area (Å²) in [5.41, 5.74) is 0.0929. The van der Waals surface area contributed by atoms with E-state index in [0.717, 1.165) is 12.3 Å². The summed E-state index contributed by atoms with van der Waals surface area (Å²) in [6.45, 7) is 0.620. The Morgan fingerprint density at radius 3 is 2.48 bits per heavy atom. The summed E-state index contributed by atoms with van der Waals surface area (Å²) >= 11 is 0. The van der Waals surface area contributed by atoms with Gasteiger partial charge in [-0.25, -0.2) is 13.9 Å². The molecule has 160 valence electrons. The van der Waals surface area contributed by atoms with E-state index in [2.05, 4.69) is 20.3 Å². The van der Waals surface area contributed by atoms with Crippen molar-refractivity contribution in [3.05, 3.63) is 65.8 Å². The molecule has 4 heterocycles. The van der Waals surface area contributed by atoms with E-state index >= 15 is 0 Å². The zero-order chi connectivity index (χ0) is 22.0. The Morgan fingerprint density at radius 1 is 1.06 bits per heavy atom. The number of rotatable bonds is 5. The minimum Gasteiger partial charge on any atom is -0.478 e. The third-order valence-corrected chi connectivity index (χ3v) is 5.22. The molecule has 1 aliphatic heterocycles. The zero-order valence-corrected chi connectivity index (χ0v) is 16.3. The molecule has 0 unspecified atom stereocenters. The quantitative estimate of drug-likeness (QED) is 0.620. The van der Waals surface area contributed by atoms with Gasteiger partial charge >= 0.3 is 5.97 Å². The van der Waals surface area contributed by atoms with Crippen LogP contribution >= 0.6 is 0 Å². The van der Waals surface area contributed by atoms with Crippen molar-refractivity contribution in [2.75, 3.05) is 13.1 Å². The molecular formula is C20H19FN6O4. The van der Waals surface area contributed by atoms with Crippen molar-refractivity contribution in [3.8, 4) is 5.69 Å². The number of hydrogen-bond acceptors (Lipinski definition) is 7. The smallest absolute Gasteiger partial charge is 0.337 e. The van der Waals surface area contributed by atoms with Crippen LogP contribution in [0.3, 0.4) is 0 Å². The first-order valence-corrected chi connectivity index (χ1v) is 9.55. The van der Waals surface area contributed by atoms with Gasteiger partial charge in [-0.05, 0) is 25.0 Å². The molecule has 0 aliphatic carbocycles. The second-order valence-corrected chi connectivity index (χ2v) is 7.48. The zero-order valence-electron chi connectivity index (χ0n) is 16.3. The Bertz CT molecular complexity index is 1130. The molecule has 4 rings (SSSR count). The van der Waals surface area contributed by atoms with Crippen molar-refractivity contribution < 1.29 is 24.2 Å². The summed E-state index contributed by atoms with van der Waals surface area (Å²) in [6, 6.07) is 2.57. The number of piperidine rings is 1. The van der Waals surface area contributed by atoms with E-state index < -0.39 is 17.4 Å². The van der Waals surface area contributed by atoms with Crippen molar-refractivity contribution in [1.29, 1.82) is 0 Å². The number of amides is 1. The van der Waals surface area contributed by atoms with Gasteiger partial charge in [0.15, 0.2) is 0 Å². The Morgan fingerprint density at radius 2 is 1.77 bits per heavy atom. The second-order valence-electron chi connectivity index (χ2n) is 7.48. The van der Waals surface area contributed by atoms with Gasteiger partial charge in [0.25, 0.3) is 5.91 Å². The fourth-order valence-corrected chi connectivity index (χ4v) is 3.53. The van der Waals surface area contributed by atoms with Crippen LogP contribution in [0, 0.1) is 5.82 Å². The van der Waals surface area contributed by atoms with Crippen molar-refractivity contribution >= 4 is 11.9 Å². The molecule has 1 saturated heterocycles. The van der Waals surface area contributed by atoms with Crippen molar-refractivity contribution in [2.24, 2.45) is 0 Å². The van der Waals surface area contributed by atoms with Crippen LogP contribution in [0.5, 0.6) is 0 Å². The third kappa shape index (κ3) is 4.56. The lowest BCUT2D eigenvalue weighted by Crippen LogP contribution is -2.47. The highest BCUT2D eigenvalue weighted by Crippen LogP contribution is 2.27. The van der Waals surface area contributed by atoms with Gasteiger partial charge in [0, 0.05) is 31.9 Å². The van der Waals surface area contributed by atoms with Crippen LogP contribution < -0.4 is 0 Å². The number of carbonyl (C=O) groups excluding carboxylic acids is 1. The lowest BCUT2D eigenvalue weighted by atomic mass is 9.87. The number of nitrogens with zero attached hydrogens (tertiary/aromatic N) is 6.